The Bertz CT molecular complexity index is 355. The largest absolute Gasteiger partial charge is 0.389 e. The van der Waals surface area contributed by atoms with Crippen LogP contribution in [-0.2, 0) is 4.74 Å². The van der Waals surface area contributed by atoms with Crippen LogP contribution < -0.4 is 4.90 Å². The first-order valence-corrected chi connectivity index (χ1v) is 5.74. The molecule has 1 aromatic rings. The topological polar surface area (TPSA) is 32.7 Å². The van der Waals surface area contributed by atoms with Crippen LogP contribution in [0, 0.1) is 5.82 Å². The van der Waals surface area contributed by atoms with Crippen molar-refractivity contribution in [3.63, 3.8) is 0 Å². The minimum absolute atomic E-state index is 0.324. The molecule has 0 bridgehead atoms. The zero-order chi connectivity index (χ0) is 12.8. The van der Waals surface area contributed by atoms with E-state index in [2.05, 4.69) is 0 Å². The van der Waals surface area contributed by atoms with E-state index in [9.17, 15) is 9.50 Å². The molecule has 0 aliphatic heterocycles. The lowest BCUT2D eigenvalue weighted by Gasteiger charge is -2.23. The number of aliphatic hydroxyl groups excluding tert-OH is 1. The molecule has 0 aromatic heterocycles. The molecule has 0 unspecified atom stereocenters. The van der Waals surface area contributed by atoms with Crippen molar-refractivity contribution in [2.24, 2.45) is 0 Å². The second kappa shape index (κ2) is 6.57. The van der Waals surface area contributed by atoms with E-state index in [1.54, 1.807) is 20.1 Å². The van der Waals surface area contributed by atoms with Gasteiger partial charge in [-0.3, -0.25) is 0 Å². The van der Waals surface area contributed by atoms with Gasteiger partial charge in [-0.15, -0.1) is 0 Å². The van der Waals surface area contributed by atoms with Crippen molar-refractivity contribution in [3.8, 4) is 0 Å². The molecule has 17 heavy (non-hydrogen) atoms. The molecule has 0 aliphatic carbocycles. The van der Waals surface area contributed by atoms with E-state index in [0.717, 1.165) is 18.7 Å². The fourth-order valence-electron chi connectivity index (χ4n) is 1.77. The zero-order valence-corrected chi connectivity index (χ0v) is 10.6. The van der Waals surface area contributed by atoms with Gasteiger partial charge in [0.15, 0.2) is 0 Å². The van der Waals surface area contributed by atoms with Crippen LogP contribution in [0.15, 0.2) is 18.2 Å². The third-order valence-electron chi connectivity index (χ3n) is 2.69. The number of ether oxygens (including phenoxy) is 1. The Hall–Kier alpha value is -1.13. The van der Waals surface area contributed by atoms with Gasteiger partial charge in [0.05, 0.1) is 6.10 Å². The van der Waals surface area contributed by atoms with Gasteiger partial charge in [0.2, 0.25) is 0 Å². The van der Waals surface area contributed by atoms with Crippen molar-refractivity contribution in [2.45, 2.75) is 19.4 Å². The molecule has 4 heteroatoms. The zero-order valence-electron chi connectivity index (χ0n) is 10.6. The first-order valence-electron chi connectivity index (χ1n) is 5.74. The van der Waals surface area contributed by atoms with Gasteiger partial charge in [0, 0.05) is 38.6 Å². The number of methoxy groups -OCH3 is 1. The highest BCUT2D eigenvalue weighted by Crippen LogP contribution is 2.26. The molecule has 0 spiro atoms. The minimum Gasteiger partial charge on any atom is -0.389 e. The van der Waals surface area contributed by atoms with E-state index in [1.807, 2.05) is 11.9 Å². The van der Waals surface area contributed by atoms with Crippen molar-refractivity contribution in [1.82, 2.24) is 0 Å². The van der Waals surface area contributed by atoms with E-state index >= 15 is 0 Å². The third-order valence-corrected chi connectivity index (χ3v) is 2.69. The predicted molar refractivity (Wildman–Crippen MR) is 66.8 cm³/mol. The monoisotopic (exact) mass is 241 g/mol. The van der Waals surface area contributed by atoms with Crippen LogP contribution in [0.4, 0.5) is 10.1 Å². The first-order chi connectivity index (χ1) is 8.06. The lowest BCUT2D eigenvalue weighted by atomic mass is 10.1. The Kier molecular flexibility index (Phi) is 5.38. The molecular weight excluding hydrogens is 221 g/mol. The van der Waals surface area contributed by atoms with Gasteiger partial charge < -0.3 is 14.7 Å². The van der Waals surface area contributed by atoms with Crippen molar-refractivity contribution >= 4 is 5.69 Å². The van der Waals surface area contributed by atoms with E-state index in [1.165, 1.54) is 12.1 Å². The Morgan fingerprint density at radius 2 is 2.18 bits per heavy atom. The number of halogens is 1. The SMILES string of the molecule is COCCCN(C)c1ccc(F)cc1[C@@H](C)O. The molecule has 1 aromatic carbocycles. The molecule has 1 rings (SSSR count). The molecule has 0 fully saturated rings. The predicted octanol–water partition coefficient (Wildman–Crippen LogP) is 2.35. The average molecular weight is 241 g/mol. The molecule has 0 saturated carbocycles. The van der Waals surface area contributed by atoms with Crippen LogP contribution in [0.5, 0.6) is 0 Å². The second-order valence-corrected chi connectivity index (χ2v) is 4.15. The summed E-state index contributed by atoms with van der Waals surface area (Å²) < 4.78 is 18.1. The average Bonchev–Trinajstić information content (AvgIpc) is 2.29. The number of hydrogen-bond donors (Lipinski definition) is 1. The summed E-state index contributed by atoms with van der Waals surface area (Å²) in [4.78, 5) is 2.00. The summed E-state index contributed by atoms with van der Waals surface area (Å²) >= 11 is 0. The van der Waals surface area contributed by atoms with Crippen molar-refractivity contribution < 1.29 is 14.2 Å². The van der Waals surface area contributed by atoms with Crippen LogP contribution in [0.1, 0.15) is 25.0 Å². The molecule has 0 radical (unpaired) electrons. The lowest BCUT2D eigenvalue weighted by molar-refractivity contribution is 0.195. The Labute approximate surface area is 102 Å². The van der Waals surface area contributed by atoms with Crippen molar-refractivity contribution in [2.75, 3.05) is 32.2 Å². The summed E-state index contributed by atoms with van der Waals surface area (Å²) in [7, 11) is 3.59. The van der Waals surface area contributed by atoms with Crippen LogP contribution in [0.25, 0.3) is 0 Å². The standard InChI is InChI=1S/C13H20FNO2/c1-10(16)12-9-11(14)5-6-13(12)15(2)7-4-8-17-3/h5-6,9-10,16H,4,7-8H2,1-3H3/t10-/m1/s1. The molecule has 1 atom stereocenters. The van der Waals surface area contributed by atoms with Crippen LogP contribution in [-0.4, -0.2) is 32.4 Å². The maximum Gasteiger partial charge on any atom is 0.123 e. The summed E-state index contributed by atoms with van der Waals surface area (Å²) in [5, 5.41) is 9.63. The first kappa shape index (κ1) is 13.9. The lowest BCUT2D eigenvalue weighted by Crippen LogP contribution is -2.21. The fourth-order valence-corrected chi connectivity index (χ4v) is 1.77. The van der Waals surface area contributed by atoms with Gasteiger partial charge >= 0.3 is 0 Å². The molecule has 0 aliphatic rings. The molecule has 3 nitrogen and oxygen atoms in total. The van der Waals surface area contributed by atoms with E-state index in [4.69, 9.17) is 4.74 Å². The molecule has 0 amide bonds. The fraction of sp³-hybridized carbons (Fsp3) is 0.538. The number of hydrogen-bond acceptors (Lipinski definition) is 3. The summed E-state index contributed by atoms with van der Waals surface area (Å²) in [5.74, 6) is -0.324. The van der Waals surface area contributed by atoms with Crippen molar-refractivity contribution in [3.05, 3.63) is 29.6 Å². The van der Waals surface area contributed by atoms with Gasteiger partial charge in [-0.25, -0.2) is 4.39 Å². The highest BCUT2D eigenvalue weighted by Gasteiger charge is 2.12. The normalized spacial score (nSPS) is 12.5. The van der Waals surface area contributed by atoms with Crippen LogP contribution >= 0.6 is 0 Å². The summed E-state index contributed by atoms with van der Waals surface area (Å²) in [6, 6.07) is 4.49. The number of nitrogens with zero attached hydrogens (tertiary/aromatic N) is 1. The number of anilines is 1. The van der Waals surface area contributed by atoms with Gasteiger partial charge in [0.25, 0.3) is 0 Å². The van der Waals surface area contributed by atoms with Gasteiger partial charge in [-0.05, 0) is 31.5 Å². The molecule has 0 heterocycles. The van der Waals surface area contributed by atoms with Crippen molar-refractivity contribution in [1.29, 1.82) is 0 Å². The van der Waals surface area contributed by atoms with E-state index < -0.39 is 6.10 Å². The smallest absolute Gasteiger partial charge is 0.123 e. The molecular formula is C13H20FNO2. The molecule has 96 valence electrons. The minimum atomic E-state index is -0.675. The van der Waals surface area contributed by atoms with E-state index in [0.29, 0.717) is 12.2 Å². The highest BCUT2D eigenvalue weighted by molar-refractivity contribution is 5.54. The Balaban J connectivity index is 2.81. The summed E-state index contributed by atoms with van der Waals surface area (Å²) in [6.45, 7) is 3.13. The van der Waals surface area contributed by atoms with Gasteiger partial charge in [-0.2, -0.15) is 0 Å². The Morgan fingerprint density at radius 3 is 2.76 bits per heavy atom. The maximum absolute atomic E-state index is 13.1. The highest BCUT2D eigenvalue weighted by atomic mass is 19.1. The Morgan fingerprint density at radius 1 is 1.47 bits per heavy atom. The van der Waals surface area contributed by atoms with Gasteiger partial charge in [-0.1, -0.05) is 0 Å². The van der Waals surface area contributed by atoms with Crippen LogP contribution in [0.3, 0.4) is 0 Å². The number of aliphatic hydroxyl groups is 1. The number of rotatable bonds is 6. The summed E-state index contributed by atoms with van der Waals surface area (Å²) in [6.07, 6.45) is 0.217. The summed E-state index contributed by atoms with van der Waals surface area (Å²) in [5.41, 5.74) is 1.47. The molecule has 1 N–H and O–H groups in total. The second-order valence-electron chi connectivity index (χ2n) is 4.15. The quantitative estimate of drug-likeness (QED) is 0.776. The number of benzene rings is 1. The maximum atomic E-state index is 13.1. The van der Waals surface area contributed by atoms with E-state index in [-0.39, 0.29) is 5.82 Å². The van der Waals surface area contributed by atoms with Crippen LogP contribution in [0.2, 0.25) is 0 Å². The molecule has 0 saturated heterocycles. The van der Waals surface area contributed by atoms with Gasteiger partial charge in [0.1, 0.15) is 5.82 Å². The third kappa shape index (κ3) is 3.98.